The summed E-state index contributed by atoms with van der Waals surface area (Å²) in [6, 6.07) is 29.6. The number of halogens is 3. The Hall–Kier alpha value is -4.58. The first-order chi connectivity index (χ1) is 20.6. The summed E-state index contributed by atoms with van der Waals surface area (Å²) in [4.78, 5) is 7.81. The van der Waals surface area contributed by atoms with Gasteiger partial charge in [0.2, 0.25) is 5.82 Å². The zero-order valence-electron chi connectivity index (χ0n) is 22.3. The Bertz CT molecular complexity index is 2060. The molecule has 0 amide bonds. The first kappa shape index (κ1) is 28.5. The van der Waals surface area contributed by atoms with E-state index in [2.05, 4.69) is 20.3 Å². The molecule has 0 radical (unpaired) electrons. The van der Waals surface area contributed by atoms with Crippen molar-refractivity contribution in [2.45, 2.75) is 23.8 Å². The van der Waals surface area contributed by atoms with Crippen LogP contribution in [-0.4, -0.2) is 37.9 Å². The van der Waals surface area contributed by atoms with Gasteiger partial charge in [-0.1, -0.05) is 114 Å². The van der Waals surface area contributed by atoms with Gasteiger partial charge in [0.15, 0.2) is 16.3 Å². The standard InChI is InChI=1S/C18H12ClF2N5.C13H10O3S/c19-15-14-16(26(25-24-14)11-12-7-3-1-4-8-12)23-17(22-15)18(20,21)13-9-5-2-6-10-13;14-17(15,16)13-7-3-6-11-10-5-2-1-4-9(10)8-12(11)13/h1-10H,11H2;1-7H,8H2,(H,14,15,16). The van der Waals surface area contributed by atoms with Gasteiger partial charge >= 0.3 is 5.92 Å². The lowest BCUT2D eigenvalue weighted by Gasteiger charge is -2.15. The molecular weight excluding hydrogens is 596 g/mol. The normalized spacial score (nSPS) is 12.4. The van der Waals surface area contributed by atoms with Crippen LogP contribution in [0.25, 0.3) is 22.3 Å². The largest absolute Gasteiger partial charge is 0.331 e. The maximum Gasteiger partial charge on any atom is 0.331 e. The van der Waals surface area contributed by atoms with Crippen molar-refractivity contribution in [3.8, 4) is 11.1 Å². The molecule has 4 aromatic carbocycles. The minimum absolute atomic E-state index is 0.0196. The van der Waals surface area contributed by atoms with E-state index in [1.807, 2.05) is 60.7 Å². The third-order valence-corrected chi connectivity index (χ3v) is 8.20. The van der Waals surface area contributed by atoms with Crippen LogP contribution in [0.4, 0.5) is 8.78 Å². The van der Waals surface area contributed by atoms with E-state index < -0.39 is 21.9 Å². The van der Waals surface area contributed by atoms with E-state index in [1.54, 1.807) is 12.1 Å². The summed E-state index contributed by atoms with van der Waals surface area (Å²) in [5.74, 6) is -4.07. The van der Waals surface area contributed by atoms with Gasteiger partial charge in [0, 0.05) is 12.0 Å². The van der Waals surface area contributed by atoms with Crippen LogP contribution in [-0.2, 0) is 29.0 Å². The molecule has 2 aromatic heterocycles. The molecule has 1 aliphatic carbocycles. The molecule has 8 nitrogen and oxygen atoms in total. The van der Waals surface area contributed by atoms with E-state index in [0.29, 0.717) is 18.5 Å². The third kappa shape index (κ3) is 5.62. The molecule has 216 valence electrons. The second kappa shape index (κ2) is 11.3. The predicted molar refractivity (Wildman–Crippen MR) is 158 cm³/mol. The maximum atomic E-state index is 14.8. The first-order valence-electron chi connectivity index (χ1n) is 13.0. The van der Waals surface area contributed by atoms with Crippen LogP contribution in [0.1, 0.15) is 28.1 Å². The molecule has 0 saturated heterocycles. The lowest BCUT2D eigenvalue weighted by Crippen LogP contribution is -2.20. The van der Waals surface area contributed by atoms with Gasteiger partial charge in [0.25, 0.3) is 10.1 Å². The summed E-state index contributed by atoms with van der Waals surface area (Å²) < 4.78 is 62.9. The average molecular weight is 618 g/mol. The third-order valence-electron chi connectivity index (χ3n) is 7.00. The van der Waals surface area contributed by atoms with E-state index in [1.165, 1.54) is 35.0 Å². The van der Waals surface area contributed by atoms with E-state index in [9.17, 15) is 21.8 Å². The van der Waals surface area contributed by atoms with Crippen molar-refractivity contribution < 1.29 is 21.8 Å². The summed E-state index contributed by atoms with van der Waals surface area (Å²) >= 11 is 6.07. The van der Waals surface area contributed by atoms with Gasteiger partial charge < -0.3 is 0 Å². The van der Waals surface area contributed by atoms with Crippen LogP contribution >= 0.6 is 11.6 Å². The lowest BCUT2D eigenvalue weighted by atomic mass is 10.1. The average Bonchev–Trinajstić information content (AvgIpc) is 3.59. The molecule has 12 heteroatoms. The predicted octanol–water partition coefficient (Wildman–Crippen LogP) is 6.57. The number of hydrogen-bond acceptors (Lipinski definition) is 6. The molecule has 0 bridgehead atoms. The minimum atomic E-state index is -4.15. The molecule has 0 fully saturated rings. The number of rotatable bonds is 5. The summed E-state index contributed by atoms with van der Waals surface area (Å²) in [6.45, 7) is 0.334. The van der Waals surface area contributed by atoms with Crippen molar-refractivity contribution in [1.29, 1.82) is 0 Å². The van der Waals surface area contributed by atoms with Gasteiger partial charge in [-0.15, -0.1) is 5.10 Å². The Morgan fingerprint density at radius 1 is 0.837 bits per heavy atom. The SMILES string of the molecule is FC(F)(c1ccccc1)c1nc(Cl)c2nnn(Cc3ccccc3)c2n1.O=S(=O)(O)c1cccc2c1Cc1ccccc1-2. The summed E-state index contributed by atoms with van der Waals surface area (Å²) in [5.41, 5.74) is 4.82. The number of fused-ring (bicyclic) bond motifs is 4. The van der Waals surface area contributed by atoms with Crippen LogP contribution in [0, 0.1) is 0 Å². The minimum Gasteiger partial charge on any atom is -0.282 e. The Morgan fingerprint density at radius 3 is 2.21 bits per heavy atom. The Labute approximate surface area is 250 Å². The van der Waals surface area contributed by atoms with Gasteiger partial charge in [-0.3, -0.25) is 4.55 Å². The molecule has 6 aromatic rings. The van der Waals surface area contributed by atoms with Crippen molar-refractivity contribution in [3.05, 3.63) is 136 Å². The monoisotopic (exact) mass is 617 g/mol. The molecule has 7 rings (SSSR count). The molecule has 1 aliphatic rings. The van der Waals surface area contributed by atoms with Gasteiger partial charge in [-0.05, 0) is 33.9 Å². The maximum absolute atomic E-state index is 14.8. The van der Waals surface area contributed by atoms with E-state index in [4.69, 9.17) is 11.6 Å². The van der Waals surface area contributed by atoms with Crippen LogP contribution < -0.4 is 0 Å². The Balaban J connectivity index is 0.000000167. The zero-order valence-corrected chi connectivity index (χ0v) is 23.8. The van der Waals surface area contributed by atoms with Crippen molar-refractivity contribution in [2.24, 2.45) is 0 Å². The highest BCUT2D eigenvalue weighted by Crippen LogP contribution is 2.39. The molecular formula is C31H22ClF2N5O3S. The van der Waals surface area contributed by atoms with Gasteiger partial charge in [0.05, 0.1) is 11.4 Å². The number of benzene rings is 4. The second-order valence-corrected chi connectivity index (χ2v) is 11.5. The first-order valence-corrected chi connectivity index (χ1v) is 14.9. The highest BCUT2D eigenvalue weighted by Gasteiger charge is 2.38. The fourth-order valence-corrected chi connectivity index (χ4v) is 5.92. The molecule has 0 saturated carbocycles. The Kier molecular flexibility index (Phi) is 7.47. The summed E-state index contributed by atoms with van der Waals surface area (Å²) in [7, 11) is -4.15. The smallest absolute Gasteiger partial charge is 0.282 e. The van der Waals surface area contributed by atoms with E-state index >= 15 is 0 Å². The van der Waals surface area contributed by atoms with Gasteiger partial charge in [-0.25, -0.2) is 14.6 Å². The summed E-state index contributed by atoms with van der Waals surface area (Å²) in [5, 5.41) is 7.75. The van der Waals surface area contributed by atoms with Crippen LogP contribution in [0.3, 0.4) is 0 Å². The quantitative estimate of drug-likeness (QED) is 0.172. The fourth-order valence-electron chi connectivity index (χ4n) is 4.97. The number of hydrogen-bond donors (Lipinski definition) is 1. The highest BCUT2D eigenvalue weighted by atomic mass is 35.5. The molecule has 0 unspecified atom stereocenters. The molecule has 0 atom stereocenters. The highest BCUT2D eigenvalue weighted by molar-refractivity contribution is 7.85. The van der Waals surface area contributed by atoms with E-state index in [0.717, 1.165) is 22.3 Å². The second-order valence-electron chi connectivity index (χ2n) is 9.77. The van der Waals surface area contributed by atoms with Crippen LogP contribution in [0.2, 0.25) is 5.15 Å². The molecule has 43 heavy (non-hydrogen) atoms. The Morgan fingerprint density at radius 2 is 1.49 bits per heavy atom. The number of nitrogens with zero attached hydrogens (tertiary/aromatic N) is 5. The van der Waals surface area contributed by atoms with Crippen molar-refractivity contribution >= 4 is 32.9 Å². The van der Waals surface area contributed by atoms with Gasteiger partial charge in [0.1, 0.15) is 0 Å². The number of aromatic nitrogens is 5. The topological polar surface area (TPSA) is 111 Å². The van der Waals surface area contributed by atoms with Crippen LogP contribution in [0.15, 0.2) is 108 Å². The summed E-state index contributed by atoms with van der Waals surface area (Å²) in [6.07, 6.45) is 0.557. The van der Waals surface area contributed by atoms with Crippen molar-refractivity contribution in [2.75, 3.05) is 0 Å². The lowest BCUT2D eigenvalue weighted by molar-refractivity contribution is 0.0331. The van der Waals surface area contributed by atoms with Crippen LogP contribution in [0.5, 0.6) is 0 Å². The van der Waals surface area contributed by atoms with Crippen molar-refractivity contribution in [3.63, 3.8) is 0 Å². The number of alkyl halides is 2. The van der Waals surface area contributed by atoms with Crippen molar-refractivity contribution in [1.82, 2.24) is 25.0 Å². The zero-order chi connectivity index (χ0) is 30.2. The molecule has 1 N–H and O–H groups in total. The molecule has 0 spiro atoms. The van der Waals surface area contributed by atoms with Gasteiger partial charge in [-0.2, -0.15) is 17.2 Å². The molecule has 0 aliphatic heterocycles. The molecule has 2 heterocycles. The fraction of sp³-hybridized carbons (Fsp3) is 0.0968. The van der Waals surface area contributed by atoms with E-state index in [-0.39, 0.29) is 26.8 Å².